The van der Waals surface area contributed by atoms with E-state index in [2.05, 4.69) is 0 Å². The molecule has 1 heterocycles. The third kappa shape index (κ3) is 2.26. The van der Waals surface area contributed by atoms with E-state index in [4.69, 9.17) is 9.84 Å². The van der Waals surface area contributed by atoms with Gasteiger partial charge in [-0.3, -0.25) is 4.79 Å². The normalized spacial score (nSPS) is 12.6. The van der Waals surface area contributed by atoms with Crippen molar-refractivity contribution in [2.75, 3.05) is 7.11 Å². The summed E-state index contributed by atoms with van der Waals surface area (Å²) in [7, 11) is 1.65. The quantitative estimate of drug-likeness (QED) is 0.906. The molecular weight excluding hydrogens is 236 g/mol. The number of ether oxygens (including phenoxy) is 1. The molecule has 0 saturated carbocycles. The first-order valence-corrected chi connectivity index (χ1v) is 6.27. The monoisotopic (exact) mass is 250 g/mol. The van der Waals surface area contributed by atoms with Crippen LogP contribution in [-0.2, 0) is 11.2 Å². The molecule has 2 rings (SSSR count). The Hall–Kier alpha value is -1.55. The summed E-state index contributed by atoms with van der Waals surface area (Å²) in [5, 5.41) is 12.1. The highest BCUT2D eigenvalue weighted by Gasteiger charge is 2.15. The highest BCUT2D eigenvalue weighted by atomic mass is 32.1. The third-order valence-corrected chi connectivity index (χ3v) is 3.87. The summed E-state index contributed by atoms with van der Waals surface area (Å²) in [6.45, 7) is 1.73. The number of aliphatic carboxylic acids is 1. The zero-order valence-electron chi connectivity index (χ0n) is 9.77. The maximum atomic E-state index is 10.9. The van der Waals surface area contributed by atoms with Crippen molar-refractivity contribution in [1.82, 2.24) is 0 Å². The van der Waals surface area contributed by atoms with Crippen LogP contribution in [0.1, 0.15) is 12.5 Å². The van der Waals surface area contributed by atoms with E-state index < -0.39 is 5.97 Å². The van der Waals surface area contributed by atoms with E-state index in [1.165, 1.54) is 0 Å². The predicted octanol–water partition coefficient (Wildman–Crippen LogP) is 3.17. The minimum atomic E-state index is -0.757. The third-order valence-electron chi connectivity index (χ3n) is 2.81. The van der Waals surface area contributed by atoms with E-state index in [9.17, 15) is 4.79 Å². The van der Waals surface area contributed by atoms with Crippen molar-refractivity contribution < 1.29 is 14.6 Å². The van der Waals surface area contributed by atoms with E-state index in [1.54, 1.807) is 25.4 Å². The van der Waals surface area contributed by atoms with Crippen molar-refractivity contribution in [3.8, 4) is 5.75 Å². The number of fused-ring (bicyclic) bond motifs is 1. The Labute approximate surface area is 104 Å². The van der Waals surface area contributed by atoms with Crippen molar-refractivity contribution >= 4 is 27.4 Å². The molecule has 0 radical (unpaired) electrons. The number of benzene rings is 1. The van der Waals surface area contributed by atoms with Crippen LogP contribution in [0, 0.1) is 5.92 Å². The standard InChI is InChI=1S/C13H14O3S/c1-8(13(14)15)6-9-7-17-12-10(9)4-3-5-11(12)16-2/h3-5,7-8H,6H2,1-2H3,(H,14,15). The van der Waals surface area contributed by atoms with Crippen LogP contribution < -0.4 is 4.74 Å². The van der Waals surface area contributed by atoms with E-state index in [0.29, 0.717) is 6.42 Å². The first-order valence-electron chi connectivity index (χ1n) is 5.39. The average Bonchev–Trinajstić information content (AvgIpc) is 2.72. The van der Waals surface area contributed by atoms with Crippen LogP contribution in [0.15, 0.2) is 23.6 Å². The maximum Gasteiger partial charge on any atom is 0.306 e. The zero-order chi connectivity index (χ0) is 12.4. The molecule has 0 aliphatic heterocycles. The molecule has 0 fully saturated rings. The minimum absolute atomic E-state index is 0.362. The van der Waals surface area contributed by atoms with Crippen LogP contribution >= 0.6 is 11.3 Å². The Morgan fingerprint density at radius 2 is 2.29 bits per heavy atom. The molecule has 0 bridgehead atoms. The second kappa shape index (κ2) is 4.75. The van der Waals surface area contributed by atoms with Crippen LogP contribution in [0.25, 0.3) is 10.1 Å². The molecule has 0 aliphatic rings. The Balaban J connectivity index is 2.40. The van der Waals surface area contributed by atoms with Gasteiger partial charge >= 0.3 is 5.97 Å². The number of carbonyl (C=O) groups is 1. The molecule has 90 valence electrons. The lowest BCUT2D eigenvalue weighted by atomic mass is 10.0. The Kier molecular flexibility index (Phi) is 3.33. The molecule has 17 heavy (non-hydrogen) atoms. The van der Waals surface area contributed by atoms with Gasteiger partial charge in [-0.15, -0.1) is 11.3 Å². The Morgan fingerprint density at radius 3 is 2.94 bits per heavy atom. The predicted molar refractivity (Wildman–Crippen MR) is 68.9 cm³/mol. The van der Waals surface area contributed by atoms with Gasteiger partial charge in [-0.2, -0.15) is 0 Å². The molecular formula is C13H14O3S. The summed E-state index contributed by atoms with van der Waals surface area (Å²) < 4.78 is 6.37. The van der Waals surface area contributed by atoms with Crippen LogP contribution in [0.3, 0.4) is 0 Å². The van der Waals surface area contributed by atoms with Gasteiger partial charge in [0.2, 0.25) is 0 Å². The van der Waals surface area contributed by atoms with Gasteiger partial charge in [-0.25, -0.2) is 0 Å². The maximum absolute atomic E-state index is 10.9. The number of thiophene rings is 1. The first kappa shape index (κ1) is 11.9. The van der Waals surface area contributed by atoms with Gasteiger partial charge in [0.15, 0.2) is 0 Å². The van der Waals surface area contributed by atoms with Gasteiger partial charge in [-0.05, 0) is 28.8 Å². The van der Waals surface area contributed by atoms with Crippen LogP contribution in [-0.4, -0.2) is 18.2 Å². The highest BCUT2D eigenvalue weighted by Crippen LogP contribution is 2.34. The van der Waals surface area contributed by atoms with Crippen molar-refractivity contribution in [1.29, 1.82) is 0 Å². The molecule has 0 aliphatic carbocycles. The molecule has 4 heteroatoms. The van der Waals surface area contributed by atoms with E-state index in [-0.39, 0.29) is 5.92 Å². The fraction of sp³-hybridized carbons (Fsp3) is 0.308. The summed E-state index contributed by atoms with van der Waals surface area (Å²) in [5.41, 5.74) is 1.08. The molecule has 1 N–H and O–H groups in total. The van der Waals surface area contributed by atoms with Crippen molar-refractivity contribution in [2.24, 2.45) is 5.92 Å². The molecule has 1 atom stereocenters. The number of carboxylic acids is 1. The Morgan fingerprint density at radius 1 is 1.53 bits per heavy atom. The lowest BCUT2D eigenvalue weighted by Gasteiger charge is -2.05. The number of hydrogen-bond donors (Lipinski definition) is 1. The number of methoxy groups -OCH3 is 1. The summed E-state index contributed by atoms with van der Waals surface area (Å²) >= 11 is 1.60. The van der Waals surface area contributed by atoms with Crippen molar-refractivity contribution in [3.05, 3.63) is 29.1 Å². The summed E-state index contributed by atoms with van der Waals surface area (Å²) in [4.78, 5) is 10.9. The Bertz CT molecular complexity index is 545. The summed E-state index contributed by atoms with van der Waals surface area (Å²) in [6.07, 6.45) is 0.558. The van der Waals surface area contributed by atoms with Gasteiger partial charge in [0.25, 0.3) is 0 Å². The number of carboxylic acid groups (broad SMARTS) is 1. The molecule has 0 amide bonds. The topological polar surface area (TPSA) is 46.5 Å². The van der Waals surface area contributed by atoms with E-state index in [1.807, 2.05) is 23.6 Å². The lowest BCUT2D eigenvalue weighted by molar-refractivity contribution is -0.141. The highest BCUT2D eigenvalue weighted by molar-refractivity contribution is 7.17. The van der Waals surface area contributed by atoms with Gasteiger partial charge in [0.1, 0.15) is 5.75 Å². The van der Waals surface area contributed by atoms with Crippen LogP contribution in [0.4, 0.5) is 0 Å². The molecule has 1 aromatic carbocycles. The van der Waals surface area contributed by atoms with E-state index in [0.717, 1.165) is 21.4 Å². The fourth-order valence-corrected chi connectivity index (χ4v) is 2.90. The van der Waals surface area contributed by atoms with Gasteiger partial charge in [0.05, 0.1) is 17.7 Å². The first-order chi connectivity index (χ1) is 8.13. The zero-order valence-corrected chi connectivity index (χ0v) is 10.6. The molecule has 1 aromatic heterocycles. The van der Waals surface area contributed by atoms with Crippen molar-refractivity contribution in [3.63, 3.8) is 0 Å². The van der Waals surface area contributed by atoms with Gasteiger partial charge in [0, 0.05) is 0 Å². The molecule has 1 unspecified atom stereocenters. The molecule has 0 spiro atoms. The largest absolute Gasteiger partial charge is 0.495 e. The SMILES string of the molecule is COc1cccc2c(CC(C)C(=O)O)csc12. The summed E-state index contributed by atoms with van der Waals surface area (Å²) in [5.74, 6) is -0.270. The fourth-order valence-electron chi connectivity index (χ4n) is 1.82. The van der Waals surface area contributed by atoms with Crippen molar-refractivity contribution in [2.45, 2.75) is 13.3 Å². The number of rotatable bonds is 4. The molecule has 2 aromatic rings. The summed E-state index contributed by atoms with van der Waals surface area (Å²) in [6, 6.07) is 5.87. The van der Waals surface area contributed by atoms with Crippen LogP contribution in [0.5, 0.6) is 5.75 Å². The smallest absolute Gasteiger partial charge is 0.306 e. The number of hydrogen-bond acceptors (Lipinski definition) is 3. The van der Waals surface area contributed by atoms with Gasteiger partial charge in [-0.1, -0.05) is 19.1 Å². The van der Waals surface area contributed by atoms with Gasteiger partial charge < -0.3 is 9.84 Å². The second-order valence-corrected chi connectivity index (χ2v) is 4.92. The van der Waals surface area contributed by atoms with Crippen LogP contribution in [0.2, 0.25) is 0 Å². The second-order valence-electron chi connectivity index (χ2n) is 4.04. The molecule has 0 saturated heterocycles. The average molecular weight is 250 g/mol. The minimum Gasteiger partial charge on any atom is -0.495 e. The van der Waals surface area contributed by atoms with E-state index >= 15 is 0 Å². The lowest BCUT2D eigenvalue weighted by Crippen LogP contribution is -2.11. The molecule has 3 nitrogen and oxygen atoms in total.